The zero-order valence-electron chi connectivity index (χ0n) is 15.1. The summed E-state index contributed by atoms with van der Waals surface area (Å²) in [4.78, 5) is 9.13. The van der Waals surface area contributed by atoms with E-state index in [2.05, 4.69) is 4.99 Å². The number of amidine groups is 1. The highest BCUT2D eigenvalue weighted by Gasteiger charge is 2.11. The van der Waals surface area contributed by atoms with Gasteiger partial charge in [-0.2, -0.15) is 0 Å². The average molecular weight is 513 g/mol. The lowest BCUT2D eigenvalue weighted by atomic mass is 10.1. The van der Waals surface area contributed by atoms with Crippen LogP contribution in [-0.4, -0.2) is 30.6 Å². The van der Waals surface area contributed by atoms with E-state index < -0.39 is 0 Å². The number of ether oxygens (including phenoxy) is 2. The molecule has 1 heterocycles. The van der Waals surface area contributed by atoms with Gasteiger partial charge in [-0.25, -0.2) is 9.98 Å². The summed E-state index contributed by atoms with van der Waals surface area (Å²) in [5.74, 6) is 1.38. The van der Waals surface area contributed by atoms with Crippen LogP contribution in [-0.2, 0) is 0 Å². The van der Waals surface area contributed by atoms with Crippen LogP contribution in [0.15, 0.2) is 52.8 Å². The molecule has 2 N–H and O–H groups in total. The Balaban J connectivity index is 0.00000261. The van der Waals surface area contributed by atoms with Crippen molar-refractivity contribution in [2.75, 3.05) is 20.5 Å². The number of thioether (sulfide) groups is 1. The molecular formula is C19H20IN3O2S2. The zero-order valence-corrected chi connectivity index (χ0v) is 19.1. The van der Waals surface area contributed by atoms with Crippen LogP contribution in [0.2, 0.25) is 0 Å². The molecule has 5 nitrogen and oxygen atoms in total. The first-order valence-electron chi connectivity index (χ1n) is 7.81. The molecule has 0 unspecified atom stereocenters. The van der Waals surface area contributed by atoms with E-state index in [1.165, 1.54) is 11.8 Å². The molecule has 27 heavy (non-hydrogen) atoms. The molecule has 3 aromatic rings. The number of aromatic nitrogens is 1. The third kappa shape index (κ3) is 5.14. The van der Waals surface area contributed by atoms with Crippen LogP contribution in [0.1, 0.15) is 0 Å². The van der Waals surface area contributed by atoms with E-state index in [0.29, 0.717) is 16.7 Å². The van der Waals surface area contributed by atoms with Crippen LogP contribution in [0, 0.1) is 0 Å². The minimum absolute atomic E-state index is 0. The average Bonchev–Trinajstić information content (AvgIpc) is 3.17. The molecule has 2 aromatic carbocycles. The molecule has 0 aliphatic heterocycles. The summed E-state index contributed by atoms with van der Waals surface area (Å²) >= 11 is 3.00. The van der Waals surface area contributed by atoms with Gasteiger partial charge in [-0.1, -0.05) is 23.9 Å². The lowest BCUT2D eigenvalue weighted by Crippen LogP contribution is -2.04. The smallest absolute Gasteiger partial charge is 0.161 e. The molecule has 0 atom stereocenters. The Morgan fingerprint density at radius 2 is 1.85 bits per heavy atom. The van der Waals surface area contributed by atoms with Gasteiger partial charge in [-0.05, 0) is 36.6 Å². The van der Waals surface area contributed by atoms with Gasteiger partial charge in [0.05, 0.1) is 25.6 Å². The fourth-order valence-corrected chi connectivity index (χ4v) is 3.44. The van der Waals surface area contributed by atoms with Crippen molar-refractivity contribution in [3.05, 3.63) is 47.8 Å². The highest BCUT2D eigenvalue weighted by molar-refractivity contribution is 14.0. The largest absolute Gasteiger partial charge is 0.493 e. The maximum atomic E-state index is 5.80. The van der Waals surface area contributed by atoms with Crippen LogP contribution >= 0.6 is 47.1 Å². The highest BCUT2D eigenvalue weighted by Crippen LogP contribution is 2.35. The number of methoxy groups -OCH3 is 2. The Morgan fingerprint density at radius 1 is 1.07 bits per heavy atom. The molecule has 0 saturated carbocycles. The number of thiazole rings is 1. The number of aliphatic imine (C=N–C) groups is 1. The fraction of sp³-hybridized carbons (Fsp3) is 0.158. The van der Waals surface area contributed by atoms with Gasteiger partial charge in [0, 0.05) is 16.5 Å². The maximum Gasteiger partial charge on any atom is 0.161 e. The first-order chi connectivity index (χ1) is 12.6. The predicted octanol–water partition coefficient (Wildman–Crippen LogP) is 5.42. The molecule has 0 saturated heterocycles. The van der Waals surface area contributed by atoms with Crippen LogP contribution in [0.5, 0.6) is 11.5 Å². The molecule has 8 heteroatoms. The molecule has 0 fully saturated rings. The summed E-state index contributed by atoms with van der Waals surface area (Å²) in [7, 11) is 3.25. The second-order valence-corrected chi connectivity index (χ2v) is 7.00. The topological polar surface area (TPSA) is 69.7 Å². The summed E-state index contributed by atoms with van der Waals surface area (Å²) in [6.07, 6.45) is 1.90. The van der Waals surface area contributed by atoms with Crippen molar-refractivity contribution in [3.63, 3.8) is 0 Å². The van der Waals surface area contributed by atoms with Crippen molar-refractivity contribution in [1.82, 2.24) is 4.98 Å². The van der Waals surface area contributed by atoms with Gasteiger partial charge >= 0.3 is 0 Å². The Morgan fingerprint density at radius 3 is 2.56 bits per heavy atom. The predicted molar refractivity (Wildman–Crippen MR) is 126 cm³/mol. The Bertz CT molecular complexity index is 944. The second-order valence-electron chi connectivity index (χ2n) is 5.31. The molecule has 0 spiro atoms. The Kier molecular flexibility index (Phi) is 7.93. The number of hydrogen-bond acceptors (Lipinski definition) is 6. The van der Waals surface area contributed by atoms with Crippen LogP contribution in [0.4, 0.5) is 5.69 Å². The summed E-state index contributed by atoms with van der Waals surface area (Å²) in [6.45, 7) is 0. The van der Waals surface area contributed by atoms with Crippen molar-refractivity contribution in [1.29, 1.82) is 0 Å². The summed E-state index contributed by atoms with van der Waals surface area (Å²) in [6, 6.07) is 13.7. The summed E-state index contributed by atoms with van der Waals surface area (Å²) in [5, 5.41) is 3.48. The van der Waals surface area contributed by atoms with E-state index in [0.717, 1.165) is 27.5 Å². The standard InChI is InChI=1S/C19H19N3O2S2.HI/c1-23-16-8-7-13(10-17(16)24-2)18-22-15(11-26-18)12-5-4-6-14(9-12)21-19(20)25-3;/h4-11H,1-3H3,(H2,20,21);1H. The Hall–Kier alpha value is -1.78. The minimum Gasteiger partial charge on any atom is -0.493 e. The van der Waals surface area contributed by atoms with Crippen LogP contribution in [0.3, 0.4) is 0 Å². The highest BCUT2D eigenvalue weighted by atomic mass is 127. The van der Waals surface area contributed by atoms with Crippen molar-refractivity contribution >= 4 is 57.9 Å². The summed E-state index contributed by atoms with van der Waals surface area (Å²) in [5.41, 5.74) is 9.51. The SMILES string of the molecule is COc1ccc(-c2nc(-c3cccc(N=C(N)SC)c3)cs2)cc1OC.I. The van der Waals surface area contributed by atoms with Crippen molar-refractivity contribution in [2.24, 2.45) is 10.7 Å². The molecule has 0 amide bonds. The molecular weight excluding hydrogens is 493 g/mol. The van der Waals surface area contributed by atoms with E-state index in [1.807, 2.05) is 54.1 Å². The zero-order chi connectivity index (χ0) is 18.5. The van der Waals surface area contributed by atoms with Gasteiger partial charge < -0.3 is 15.2 Å². The van der Waals surface area contributed by atoms with E-state index in [-0.39, 0.29) is 24.0 Å². The van der Waals surface area contributed by atoms with E-state index >= 15 is 0 Å². The first kappa shape index (κ1) is 21.5. The van der Waals surface area contributed by atoms with Gasteiger partial charge in [-0.3, -0.25) is 0 Å². The second kappa shape index (κ2) is 9.95. The fourth-order valence-electron chi connectivity index (χ4n) is 2.42. The number of hydrogen-bond donors (Lipinski definition) is 1. The lowest BCUT2D eigenvalue weighted by molar-refractivity contribution is 0.355. The minimum atomic E-state index is 0. The van der Waals surface area contributed by atoms with E-state index in [4.69, 9.17) is 20.2 Å². The summed E-state index contributed by atoms with van der Waals surface area (Å²) < 4.78 is 10.7. The van der Waals surface area contributed by atoms with Crippen molar-refractivity contribution < 1.29 is 9.47 Å². The normalized spacial score (nSPS) is 11.0. The van der Waals surface area contributed by atoms with Gasteiger partial charge in [0.1, 0.15) is 5.01 Å². The number of nitrogens with zero attached hydrogens (tertiary/aromatic N) is 2. The maximum absolute atomic E-state index is 5.80. The number of halogens is 1. The quantitative estimate of drug-likeness (QED) is 0.280. The van der Waals surface area contributed by atoms with Gasteiger partial charge in [0.2, 0.25) is 0 Å². The molecule has 0 aliphatic rings. The van der Waals surface area contributed by atoms with Crippen LogP contribution < -0.4 is 15.2 Å². The molecule has 0 aliphatic carbocycles. The number of nitrogens with two attached hydrogens (primary N) is 1. The van der Waals surface area contributed by atoms with Gasteiger partial charge in [0.25, 0.3) is 0 Å². The van der Waals surface area contributed by atoms with E-state index in [1.54, 1.807) is 25.6 Å². The lowest BCUT2D eigenvalue weighted by Gasteiger charge is -2.08. The van der Waals surface area contributed by atoms with Crippen molar-refractivity contribution in [3.8, 4) is 33.3 Å². The third-order valence-electron chi connectivity index (χ3n) is 3.73. The van der Waals surface area contributed by atoms with Crippen LogP contribution in [0.25, 0.3) is 21.8 Å². The van der Waals surface area contributed by atoms with Gasteiger partial charge in [0.15, 0.2) is 16.7 Å². The first-order valence-corrected chi connectivity index (χ1v) is 9.91. The Labute approximate surface area is 184 Å². The van der Waals surface area contributed by atoms with E-state index in [9.17, 15) is 0 Å². The third-order valence-corrected chi connectivity index (χ3v) is 5.13. The molecule has 0 radical (unpaired) electrons. The molecule has 0 bridgehead atoms. The molecule has 142 valence electrons. The van der Waals surface area contributed by atoms with Crippen molar-refractivity contribution in [2.45, 2.75) is 0 Å². The number of benzene rings is 2. The molecule has 3 rings (SSSR count). The number of rotatable bonds is 5. The monoisotopic (exact) mass is 513 g/mol. The molecule has 1 aromatic heterocycles. The van der Waals surface area contributed by atoms with Gasteiger partial charge in [-0.15, -0.1) is 35.3 Å².